The number of rotatable bonds is 5. The zero-order valence-corrected chi connectivity index (χ0v) is 17.3. The van der Waals surface area contributed by atoms with Crippen LogP contribution in [0.25, 0.3) is 0 Å². The molecule has 2 aromatic carbocycles. The Kier molecular flexibility index (Phi) is 5.63. The van der Waals surface area contributed by atoms with Crippen LogP contribution in [0.15, 0.2) is 42.5 Å². The van der Waals surface area contributed by atoms with Gasteiger partial charge in [-0.05, 0) is 48.7 Å². The smallest absolute Gasteiger partial charge is 0.255 e. The quantitative estimate of drug-likeness (QED) is 0.795. The molecule has 1 N–H and O–H groups in total. The normalized spacial score (nSPS) is 18.4. The molecule has 4 rings (SSSR count). The fraction of sp³-hybridized carbons (Fsp3) is 0.318. The van der Waals surface area contributed by atoms with Crippen molar-refractivity contribution in [3.63, 3.8) is 0 Å². The molecule has 2 aliphatic heterocycles. The zero-order chi connectivity index (χ0) is 21.3. The molecule has 2 fully saturated rings. The number of nitrogens with zero attached hydrogens (tertiary/aromatic N) is 2. The molecule has 3 amide bonds. The minimum absolute atomic E-state index is 0.00182. The second-order valence-corrected chi connectivity index (χ2v) is 7.87. The van der Waals surface area contributed by atoms with Gasteiger partial charge < -0.3 is 19.9 Å². The zero-order valence-electron chi connectivity index (χ0n) is 16.6. The van der Waals surface area contributed by atoms with E-state index in [0.29, 0.717) is 35.1 Å². The van der Waals surface area contributed by atoms with Gasteiger partial charge in [-0.15, -0.1) is 0 Å². The standard InChI is InChI=1S/C22H22ClN3O4/c1-30-19-9-8-16(23)11-17(19)24-21(28)15-6-4-14(5-7-15)12-25-13-20(27)26-10-2-3-18(26)22(25)29/h4-9,11,18H,2-3,10,12-13H2,1H3,(H,24,28)/t18-/m1/s1. The molecule has 156 valence electrons. The fourth-order valence-corrected chi connectivity index (χ4v) is 4.12. The molecule has 0 unspecified atom stereocenters. The van der Waals surface area contributed by atoms with Gasteiger partial charge in [-0.3, -0.25) is 14.4 Å². The van der Waals surface area contributed by atoms with Gasteiger partial charge in [0, 0.05) is 23.7 Å². The Balaban J connectivity index is 1.43. The van der Waals surface area contributed by atoms with Gasteiger partial charge in [-0.25, -0.2) is 0 Å². The molecule has 0 saturated carbocycles. The highest BCUT2D eigenvalue weighted by atomic mass is 35.5. The number of ether oxygens (including phenoxy) is 1. The third kappa shape index (κ3) is 3.98. The first-order valence-corrected chi connectivity index (χ1v) is 10.2. The third-order valence-electron chi connectivity index (χ3n) is 5.50. The van der Waals surface area contributed by atoms with E-state index in [0.717, 1.165) is 18.4 Å². The number of benzene rings is 2. The van der Waals surface area contributed by atoms with E-state index in [9.17, 15) is 14.4 Å². The van der Waals surface area contributed by atoms with Crippen LogP contribution >= 0.6 is 11.6 Å². The Morgan fingerprint density at radius 2 is 1.97 bits per heavy atom. The predicted octanol–water partition coefficient (Wildman–Crippen LogP) is 2.93. The van der Waals surface area contributed by atoms with Crippen LogP contribution in [-0.2, 0) is 16.1 Å². The highest BCUT2D eigenvalue weighted by Gasteiger charge is 2.41. The van der Waals surface area contributed by atoms with Crippen molar-refractivity contribution in [3.8, 4) is 5.75 Å². The van der Waals surface area contributed by atoms with Crippen LogP contribution in [0.1, 0.15) is 28.8 Å². The Morgan fingerprint density at radius 1 is 1.20 bits per heavy atom. The summed E-state index contributed by atoms with van der Waals surface area (Å²) in [5, 5.41) is 3.28. The number of anilines is 1. The number of piperazine rings is 1. The highest BCUT2D eigenvalue weighted by molar-refractivity contribution is 6.31. The van der Waals surface area contributed by atoms with E-state index in [1.807, 2.05) is 0 Å². The van der Waals surface area contributed by atoms with Gasteiger partial charge in [0.25, 0.3) is 5.91 Å². The Labute approximate surface area is 179 Å². The lowest BCUT2D eigenvalue weighted by Crippen LogP contribution is -2.56. The van der Waals surface area contributed by atoms with Crippen molar-refractivity contribution in [2.75, 3.05) is 25.5 Å². The Bertz CT molecular complexity index is 992. The lowest BCUT2D eigenvalue weighted by molar-refractivity contribution is -0.154. The summed E-state index contributed by atoms with van der Waals surface area (Å²) < 4.78 is 5.25. The molecular formula is C22H22ClN3O4. The number of carbonyl (C=O) groups excluding carboxylic acids is 3. The van der Waals surface area contributed by atoms with Gasteiger partial charge in [0.1, 0.15) is 18.3 Å². The minimum atomic E-state index is -0.316. The predicted molar refractivity (Wildman–Crippen MR) is 113 cm³/mol. The van der Waals surface area contributed by atoms with Crippen LogP contribution in [0.3, 0.4) is 0 Å². The van der Waals surface area contributed by atoms with Gasteiger partial charge in [0.05, 0.1) is 12.8 Å². The lowest BCUT2D eigenvalue weighted by atomic mass is 10.1. The number of hydrogen-bond donors (Lipinski definition) is 1. The second kappa shape index (κ2) is 8.36. The van der Waals surface area contributed by atoms with E-state index in [-0.39, 0.29) is 30.3 Å². The summed E-state index contributed by atoms with van der Waals surface area (Å²) in [5.41, 5.74) is 1.81. The lowest BCUT2D eigenvalue weighted by Gasteiger charge is -2.36. The van der Waals surface area contributed by atoms with Gasteiger partial charge in [-0.2, -0.15) is 0 Å². The van der Waals surface area contributed by atoms with E-state index >= 15 is 0 Å². The van der Waals surface area contributed by atoms with Crippen molar-refractivity contribution >= 4 is 35.0 Å². The topological polar surface area (TPSA) is 79.0 Å². The van der Waals surface area contributed by atoms with Crippen LogP contribution in [-0.4, -0.2) is 53.8 Å². The average Bonchev–Trinajstić information content (AvgIpc) is 3.23. The summed E-state index contributed by atoms with van der Waals surface area (Å²) in [5.74, 6) is 0.220. The third-order valence-corrected chi connectivity index (χ3v) is 5.73. The maximum atomic E-state index is 12.7. The number of fused-ring (bicyclic) bond motifs is 1. The van der Waals surface area contributed by atoms with E-state index in [4.69, 9.17) is 16.3 Å². The molecular weight excluding hydrogens is 406 g/mol. The van der Waals surface area contributed by atoms with E-state index in [1.54, 1.807) is 52.3 Å². The van der Waals surface area contributed by atoms with Crippen molar-refractivity contribution in [2.24, 2.45) is 0 Å². The summed E-state index contributed by atoms with van der Waals surface area (Å²) in [6.45, 7) is 1.12. The molecule has 2 heterocycles. The van der Waals surface area contributed by atoms with Crippen LogP contribution in [0.5, 0.6) is 5.75 Å². The molecule has 1 atom stereocenters. The number of amides is 3. The maximum absolute atomic E-state index is 12.7. The van der Waals surface area contributed by atoms with Gasteiger partial charge in [0.2, 0.25) is 11.8 Å². The first-order chi connectivity index (χ1) is 14.5. The van der Waals surface area contributed by atoms with E-state index in [1.165, 1.54) is 7.11 Å². The monoisotopic (exact) mass is 427 g/mol. The first-order valence-electron chi connectivity index (χ1n) is 9.78. The number of hydrogen-bond acceptors (Lipinski definition) is 4. The van der Waals surface area contributed by atoms with Crippen LogP contribution in [0, 0.1) is 0 Å². The van der Waals surface area contributed by atoms with Crippen molar-refractivity contribution in [2.45, 2.75) is 25.4 Å². The van der Waals surface area contributed by atoms with E-state index in [2.05, 4.69) is 5.32 Å². The molecule has 0 aromatic heterocycles. The van der Waals surface area contributed by atoms with Crippen LogP contribution < -0.4 is 10.1 Å². The van der Waals surface area contributed by atoms with Gasteiger partial charge in [0.15, 0.2) is 0 Å². The molecule has 0 aliphatic carbocycles. The molecule has 8 heteroatoms. The average molecular weight is 428 g/mol. The molecule has 2 aliphatic rings. The van der Waals surface area contributed by atoms with E-state index < -0.39 is 0 Å². The number of halogens is 1. The minimum Gasteiger partial charge on any atom is -0.495 e. The summed E-state index contributed by atoms with van der Waals surface area (Å²) in [6, 6.07) is 11.7. The maximum Gasteiger partial charge on any atom is 0.255 e. The largest absolute Gasteiger partial charge is 0.495 e. The molecule has 30 heavy (non-hydrogen) atoms. The summed E-state index contributed by atoms with van der Waals surface area (Å²) in [4.78, 5) is 40.8. The fourth-order valence-electron chi connectivity index (χ4n) is 3.95. The highest BCUT2D eigenvalue weighted by Crippen LogP contribution is 2.28. The molecule has 7 nitrogen and oxygen atoms in total. The van der Waals surface area contributed by atoms with Crippen molar-refractivity contribution in [3.05, 3.63) is 58.6 Å². The number of nitrogens with one attached hydrogen (secondary N) is 1. The molecule has 0 spiro atoms. The van der Waals surface area contributed by atoms with Crippen molar-refractivity contribution in [1.82, 2.24) is 9.80 Å². The molecule has 0 radical (unpaired) electrons. The number of carbonyl (C=O) groups is 3. The SMILES string of the molecule is COc1ccc(Cl)cc1NC(=O)c1ccc(CN2CC(=O)N3CCC[C@@H]3C2=O)cc1. The molecule has 2 aromatic rings. The van der Waals surface area contributed by atoms with Gasteiger partial charge >= 0.3 is 0 Å². The van der Waals surface area contributed by atoms with Crippen LogP contribution in [0.4, 0.5) is 5.69 Å². The van der Waals surface area contributed by atoms with Crippen molar-refractivity contribution < 1.29 is 19.1 Å². The molecule has 0 bridgehead atoms. The molecule has 2 saturated heterocycles. The van der Waals surface area contributed by atoms with Crippen molar-refractivity contribution in [1.29, 1.82) is 0 Å². The number of methoxy groups -OCH3 is 1. The summed E-state index contributed by atoms with van der Waals surface area (Å²) >= 11 is 6.01. The Morgan fingerprint density at radius 3 is 2.70 bits per heavy atom. The second-order valence-electron chi connectivity index (χ2n) is 7.44. The summed E-state index contributed by atoms with van der Waals surface area (Å²) in [7, 11) is 1.52. The summed E-state index contributed by atoms with van der Waals surface area (Å²) in [6.07, 6.45) is 1.60. The van der Waals surface area contributed by atoms with Crippen LogP contribution in [0.2, 0.25) is 5.02 Å². The first kappa shape index (κ1) is 20.2. The van der Waals surface area contributed by atoms with Gasteiger partial charge in [-0.1, -0.05) is 23.7 Å². The Hall–Kier alpha value is -3.06.